The smallest absolute Gasteiger partial charge is 0.249 e. The Bertz CT molecular complexity index is 829. The van der Waals surface area contributed by atoms with Gasteiger partial charge in [0.15, 0.2) is 5.82 Å². The molecular weight excluding hydrogens is 334 g/mol. The van der Waals surface area contributed by atoms with E-state index in [0.29, 0.717) is 10.8 Å². The average molecular weight is 348 g/mol. The summed E-state index contributed by atoms with van der Waals surface area (Å²) in [6, 6.07) is 7.29. The monoisotopic (exact) mass is 347 g/mol. The summed E-state index contributed by atoms with van der Waals surface area (Å²) >= 11 is 7.67. The van der Waals surface area contributed by atoms with Crippen molar-refractivity contribution < 1.29 is 4.79 Å². The van der Waals surface area contributed by atoms with Crippen LogP contribution in [0, 0.1) is 0 Å². The number of amides is 1. The lowest BCUT2D eigenvalue weighted by atomic mass is 10.2. The molecule has 1 aromatic carbocycles. The second-order valence-electron chi connectivity index (χ2n) is 4.80. The zero-order chi connectivity index (χ0) is 16.2. The topological polar surface area (TPSA) is 83.6 Å². The highest BCUT2D eigenvalue weighted by molar-refractivity contribution is 7.09. The minimum absolute atomic E-state index is 0.201. The largest absolute Gasteiger partial charge is 0.293 e. The highest BCUT2D eigenvalue weighted by atomic mass is 35.5. The fraction of sp³-hybridized carbons (Fsp3) is 0.200. The number of rotatable bonds is 5. The zero-order valence-corrected chi connectivity index (χ0v) is 13.9. The van der Waals surface area contributed by atoms with Crippen LogP contribution in [0.25, 0.3) is 11.4 Å². The van der Waals surface area contributed by atoms with E-state index in [1.54, 1.807) is 17.4 Å². The number of H-pyrrole nitrogens is 1. The summed E-state index contributed by atoms with van der Waals surface area (Å²) in [5, 5.41) is 12.9. The van der Waals surface area contributed by atoms with Gasteiger partial charge >= 0.3 is 0 Å². The van der Waals surface area contributed by atoms with Crippen molar-refractivity contribution in [3.63, 3.8) is 0 Å². The Hall–Kier alpha value is -2.25. The standard InChI is InChI=1S/C15H14ClN5OS/c1-2-13-17-9(8-23-13)7-12(22)18-15-19-14(20-21-15)10-5-3-4-6-11(10)16/h3-6,8H,2,7H2,1H3,(H2,18,19,20,21,22). The van der Waals surface area contributed by atoms with E-state index in [-0.39, 0.29) is 18.3 Å². The first-order valence-electron chi connectivity index (χ1n) is 7.06. The number of aromatic nitrogens is 4. The molecule has 118 valence electrons. The summed E-state index contributed by atoms with van der Waals surface area (Å²) < 4.78 is 0. The molecule has 0 atom stereocenters. The molecule has 0 fully saturated rings. The molecular formula is C15H14ClN5OS. The summed E-state index contributed by atoms with van der Waals surface area (Å²) in [6.45, 7) is 2.03. The number of benzene rings is 1. The minimum atomic E-state index is -0.206. The van der Waals surface area contributed by atoms with Crippen molar-refractivity contribution in [3.8, 4) is 11.4 Å². The Morgan fingerprint density at radius 3 is 2.91 bits per heavy atom. The van der Waals surface area contributed by atoms with Crippen molar-refractivity contribution in [2.75, 3.05) is 5.32 Å². The molecule has 0 saturated heterocycles. The molecule has 2 heterocycles. The highest BCUT2D eigenvalue weighted by Crippen LogP contribution is 2.24. The van der Waals surface area contributed by atoms with E-state index in [2.05, 4.69) is 25.5 Å². The molecule has 2 N–H and O–H groups in total. The molecule has 8 heteroatoms. The molecule has 0 radical (unpaired) electrons. The maximum Gasteiger partial charge on any atom is 0.249 e. The predicted molar refractivity (Wildman–Crippen MR) is 90.7 cm³/mol. The van der Waals surface area contributed by atoms with Crippen LogP contribution in [-0.4, -0.2) is 26.1 Å². The minimum Gasteiger partial charge on any atom is -0.293 e. The van der Waals surface area contributed by atoms with Crippen LogP contribution in [0.3, 0.4) is 0 Å². The number of nitrogens with one attached hydrogen (secondary N) is 2. The molecule has 0 saturated carbocycles. The number of thiazole rings is 1. The molecule has 3 rings (SSSR count). The first-order chi connectivity index (χ1) is 11.2. The Kier molecular flexibility index (Phi) is 4.68. The SMILES string of the molecule is CCc1nc(CC(=O)Nc2n[nH]c(-c3ccccc3Cl)n2)cs1. The first-order valence-corrected chi connectivity index (χ1v) is 8.32. The molecule has 0 bridgehead atoms. The van der Waals surface area contributed by atoms with Crippen LogP contribution in [-0.2, 0) is 17.6 Å². The van der Waals surface area contributed by atoms with E-state index in [1.165, 1.54) is 0 Å². The second kappa shape index (κ2) is 6.89. The van der Waals surface area contributed by atoms with Crippen molar-refractivity contribution >= 4 is 34.8 Å². The van der Waals surface area contributed by atoms with Crippen molar-refractivity contribution in [3.05, 3.63) is 45.4 Å². The summed E-state index contributed by atoms with van der Waals surface area (Å²) in [5.74, 6) is 0.520. The van der Waals surface area contributed by atoms with E-state index in [0.717, 1.165) is 22.7 Å². The van der Waals surface area contributed by atoms with Crippen LogP contribution in [0.4, 0.5) is 5.95 Å². The number of hydrogen-bond donors (Lipinski definition) is 2. The number of aromatic amines is 1. The van der Waals surface area contributed by atoms with Crippen LogP contribution in [0.2, 0.25) is 5.02 Å². The van der Waals surface area contributed by atoms with E-state index in [9.17, 15) is 4.79 Å². The van der Waals surface area contributed by atoms with Gasteiger partial charge in [0.2, 0.25) is 11.9 Å². The molecule has 6 nitrogen and oxygen atoms in total. The third-order valence-corrected chi connectivity index (χ3v) is 4.48. The third-order valence-electron chi connectivity index (χ3n) is 3.11. The van der Waals surface area contributed by atoms with Gasteiger partial charge in [0.05, 0.1) is 22.1 Å². The Balaban J connectivity index is 1.67. The number of hydrogen-bond acceptors (Lipinski definition) is 5. The van der Waals surface area contributed by atoms with E-state index < -0.39 is 0 Å². The van der Waals surface area contributed by atoms with Gasteiger partial charge in [-0.2, -0.15) is 4.98 Å². The molecule has 0 aliphatic rings. The predicted octanol–water partition coefficient (Wildman–Crippen LogP) is 3.33. The van der Waals surface area contributed by atoms with Gasteiger partial charge in [0, 0.05) is 10.9 Å². The Morgan fingerprint density at radius 2 is 2.17 bits per heavy atom. The fourth-order valence-corrected chi connectivity index (χ4v) is 2.99. The highest BCUT2D eigenvalue weighted by Gasteiger charge is 2.12. The third kappa shape index (κ3) is 3.75. The van der Waals surface area contributed by atoms with E-state index in [4.69, 9.17) is 11.6 Å². The van der Waals surface area contributed by atoms with Crippen LogP contribution < -0.4 is 5.32 Å². The fourth-order valence-electron chi connectivity index (χ4n) is 2.02. The summed E-state index contributed by atoms with van der Waals surface area (Å²) in [4.78, 5) is 20.6. The Labute approximate surface area is 141 Å². The maximum absolute atomic E-state index is 12.0. The lowest BCUT2D eigenvalue weighted by Crippen LogP contribution is -2.15. The van der Waals surface area contributed by atoms with Gasteiger partial charge in [-0.1, -0.05) is 30.7 Å². The summed E-state index contributed by atoms with van der Waals surface area (Å²) in [6.07, 6.45) is 1.07. The van der Waals surface area contributed by atoms with Crippen molar-refractivity contribution in [2.24, 2.45) is 0 Å². The van der Waals surface area contributed by atoms with Crippen LogP contribution in [0.15, 0.2) is 29.6 Å². The van der Waals surface area contributed by atoms with E-state index >= 15 is 0 Å². The molecule has 23 heavy (non-hydrogen) atoms. The summed E-state index contributed by atoms with van der Waals surface area (Å²) in [5.41, 5.74) is 1.49. The lowest BCUT2D eigenvalue weighted by Gasteiger charge is -1.99. The Morgan fingerprint density at radius 1 is 1.35 bits per heavy atom. The molecule has 0 spiro atoms. The number of nitrogens with zero attached hydrogens (tertiary/aromatic N) is 3. The molecule has 0 unspecified atom stereocenters. The van der Waals surface area contributed by atoms with Gasteiger partial charge in [-0.15, -0.1) is 16.4 Å². The molecule has 1 amide bonds. The number of carbonyl (C=O) groups is 1. The van der Waals surface area contributed by atoms with E-state index in [1.807, 2.05) is 30.5 Å². The normalized spacial score (nSPS) is 10.7. The number of carbonyl (C=O) groups excluding carboxylic acids is 1. The molecule has 0 aliphatic heterocycles. The van der Waals surface area contributed by atoms with Gasteiger partial charge < -0.3 is 0 Å². The van der Waals surface area contributed by atoms with Crippen LogP contribution in [0.5, 0.6) is 0 Å². The average Bonchev–Trinajstić information content (AvgIpc) is 3.17. The van der Waals surface area contributed by atoms with Gasteiger partial charge in [0.1, 0.15) is 0 Å². The van der Waals surface area contributed by atoms with Crippen LogP contribution >= 0.6 is 22.9 Å². The summed E-state index contributed by atoms with van der Waals surface area (Å²) in [7, 11) is 0. The lowest BCUT2D eigenvalue weighted by molar-refractivity contribution is -0.115. The molecule has 0 aliphatic carbocycles. The number of halogens is 1. The number of aryl methyl sites for hydroxylation is 1. The van der Waals surface area contributed by atoms with Gasteiger partial charge in [0.25, 0.3) is 0 Å². The van der Waals surface area contributed by atoms with Gasteiger partial charge in [-0.3, -0.25) is 15.2 Å². The van der Waals surface area contributed by atoms with Crippen molar-refractivity contribution in [1.29, 1.82) is 0 Å². The quantitative estimate of drug-likeness (QED) is 0.741. The first kappa shape index (κ1) is 15.6. The maximum atomic E-state index is 12.0. The second-order valence-corrected chi connectivity index (χ2v) is 6.15. The van der Waals surface area contributed by atoms with Crippen LogP contribution in [0.1, 0.15) is 17.6 Å². The van der Waals surface area contributed by atoms with Gasteiger partial charge in [-0.05, 0) is 18.6 Å². The molecule has 2 aromatic heterocycles. The van der Waals surface area contributed by atoms with Crippen molar-refractivity contribution in [2.45, 2.75) is 19.8 Å². The van der Waals surface area contributed by atoms with Crippen molar-refractivity contribution in [1.82, 2.24) is 20.2 Å². The molecule has 3 aromatic rings. The number of anilines is 1. The zero-order valence-electron chi connectivity index (χ0n) is 12.3. The van der Waals surface area contributed by atoms with Gasteiger partial charge in [-0.25, -0.2) is 4.98 Å².